The van der Waals surface area contributed by atoms with Crippen molar-refractivity contribution in [3.05, 3.63) is 94.0 Å². The lowest BCUT2D eigenvalue weighted by atomic mass is 10.1. The van der Waals surface area contributed by atoms with Gasteiger partial charge in [-0.05, 0) is 74.2 Å². The van der Waals surface area contributed by atoms with Crippen LogP contribution in [-0.2, 0) is 26.2 Å². The number of sulfonamides is 1. The molecule has 3 rings (SSSR count). The molecule has 2 amide bonds. The van der Waals surface area contributed by atoms with E-state index in [4.69, 9.17) is 11.6 Å². The zero-order chi connectivity index (χ0) is 28.0. The molecule has 0 aliphatic rings. The lowest BCUT2D eigenvalue weighted by molar-refractivity contribution is -0.140. The first-order valence-electron chi connectivity index (χ1n) is 12.4. The number of carbonyl (C=O) groups excluding carboxylic acids is 2. The van der Waals surface area contributed by atoms with Crippen LogP contribution in [0.25, 0.3) is 0 Å². The summed E-state index contributed by atoms with van der Waals surface area (Å²) in [6, 6.07) is 18.2. The van der Waals surface area contributed by atoms with E-state index in [1.807, 2.05) is 39.8 Å². The van der Waals surface area contributed by atoms with Crippen LogP contribution < -0.4 is 9.62 Å². The largest absolute Gasteiger partial charge is 0.357 e. The first kappa shape index (κ1) is 29.2. The second kappa shape index (κ2) is 12.5. The Hall–Kier alpha value is -3.36. The van der Waals surface area contributed by atoms with Gasteiger partial charge in [0.1, 0.15) is 12.6 Å². The first-order valence-corrected chi connectivity index (χ1v) is 14.2. The van der Waals surface area contributed by atoms with Crippen LogP contribution in [0.4, 0.5) is 5.69 Å². The topological polar surface area (TPSA) is 86.8 Å². The minimum atomic E-state index is -4.11. The minimum absolute atomic E-state index is 0.0828. The number of rotatable bonds is 10. The lowest BCUT2D eigenvalue weighted by Crippen LogP contribution is -2.51. The number of hydrogen-bond acceptors (Lipinski definition) is 4. The second-order valence-electron chi connectivity index (χ2n) is 9.30. The molecule has 3 aromatic rings. The van der Waals surface area contributed by atoms with Gasteiger partial charge in [0.25, 0.3) is 10.0 Å². The van der Waals surface area contributed by atoms with E-state index in [1.54, 1.807) is 42.5 Å². The van der Waals surface area contributed by atoms with Gasteiger partial charge in [-0.3, -0.25) is 13.9 Å². The Morgan fingerprint density at radius 2 is 1.53 bits per heavy atom. The summed E-state index contributed by atoms with van der Waals surface area (Å²) < 4.78 is 29.1. The summed E-state index contributed by atoms with van der Waals surface area (Å²) in [6.45, 7) is 7.01. The van der Waals surface area contributed by atoms with E-state index in [2.05, 4.69) is 5.32 Å². The Kier molecular flexibility index (Phi) is 9.57. The molecule has 9 heteroatoms. The molecule has 0 aliphatic carbocycles. The monoisotopic (exact) mass is 555 g/mol. The molecular weight excluding hydrogens is 522 g/mol. The van der Waals surface area contributed by atoms with Gasteiger partial charge in [-0.25, -0.2) is 8.42 Å². The first-order chi connectivity index (χ1) is 18.0. The highest BCUT2D eigenvalue weighted by Crippen LogP contribution is 2.29. The third kappa shape index (κ3) is 6.74. The van der Waals surface area contributed by atoms with Gasteiger partial charge in [0.05, 0.1) is 10.6 Å². The van der Waals surface area contributed by atoms with Gasteiger partial charge in [0.2, 0.25) is 11.8 Å². The summed E-state index contributed by atoms with van der Waals surface area (Å²) in [4.78, 5) is 28.3. The number of benzene rings is 3. The number of nitrogens with zero attached hydrogens (tertiary/aromatic N) is 2. The van der Waals surface area contributed by atoms with Gasteiger partial charge >= 0.3 is 0 Å². The lowest BCUT2D eigenvalue weighted by Gasteiger charge is -2.33. The van der Waals surface area contributed by atoms with E-state index in [0.29, 0.717) is 22.7 Å². The third-order valence-electron chi connectivity index (χ3n) is 6.42. The summed E-state index contributed by atoms with van der Waals surface area (Å²) in [7, 11) is -2.59. The number of nitrogens with one attached hydrogen (secondary N) is 1. The molecule has 0 bridgehead atoms. The van der Waals surface area contributed by atoms with E-state index < -0.39 is 28.5 Å². The molecule has 1 atom stereocenters. The van der Waals surface area contributed by atoms with E-state index in [9.17, 15) is 18.0 Å². The maximum Gasteiger partial charge on any atom is 0.264 e. The fourth-order valence-electron chi connectivity index (χ4n) is 4.21. The number of hydrogen-bond donors (Lipinski definition) is 1. The van der Waals surface area contributed by atoms with Crippen molar-refractivity contribution in [1.82, 2.24) is 10.2 Å². The van der Waals surface area contributed by atoms with Gasteiger partial charge in [0.15, 0.2) is 0 Å². The van der Waals surface area contributed by atoms with Gasteiger partial charge in [0, 0.05) is 18.6 Å². The van der Waals surface area contributed by atoms with Gasteiger partial charge in [-0.1, -0.05) is 60.5 Å². The fraction of sp³-hybridized carbons (Fsp3) is 0.310. The van der Waals surface area contributed by atoms with Crippen molar-refractivity contribution in [2.24, 2.45) is 0 Å². The van der Waals surface area contributed by atoms with E-state index in [-0.39, 0.29) is 17.3 Å². The fourth-order valence-corrected chi connectivity index (χ4v) is 5.81. The Morgan fingerprint density at radius 3 is 2.11 bits per heavy atom. The van der Waals surface area contributed by atoms with Gasteiger partial charge < -0.3 is 10.2 Å². The zero-order valence-corrected chi connectivity index (χ0v) is 23.9. The van der Waals surface area contributed by atoms with Crippen LogP contribution in [0.15, 0.2) is 71.6 Å². The van der Waals surface area contributed by atoms with Crippen molar-refractivity contribution < 1.29 is 18.0 Å². The predicted octanol–water partition coefficient (Wildman–Crippen LogP) is 5.01. The van der Waals surface area contributed by atoms with Crippen molar-refractivity contribution in [2.45, 2.75) is 51.6 Å². The Balaban J connectivity index is 2.10. The smallest absolute Gasteiger partial charge is 0.264 e. The average molecular weight is 556 g/mol. The second-order valence-corrected chi connectivity index (χ2v) is 11.6. The van der Waals surface area contributed by atoms with Crippen molar-refractivity contribution in [3.8, 4) is 0 Å². The molecule has 202 valence electrons. The third-order valence-corrected chi connectivity index (χ3v) is 8.45. The van der Waals surface area contributed by atoms with Crippen molar-refractivity contribution >= 4 is 39.1 Å². The van der Waals surface area contributed by atoms with Crippen LogP contribution in [0, 0.1) is 20.8 Å². The molecule has 1 N–H and O–H groups in total. The molecule has 0 radical (unpaired) electrons. The highest BCUT2D eigenvalue weighted by Gasteiger charge is 2.34. The number of anilines is 1. The molecule has 0 aromatic heterocycles. The number of halogens is 1. The quantitative estimate of drug-likeness (QED) is 0.381. The highest BCUT2D eigenvalue weighted by atomic mass is 35.5. The average Bonchev–Trinajstić information content (AvgIpc) is 2.89. The van der Waals surface area contributed by atoms with Crippen LogP contribution in [0.2, 0.25) is 5.02 Å². The maximum absolute atomic E-state index is 14.0. The molecule has 7 nitrogen and oxygen atoms in total. The minimum Gasteiger partial charge on any atom is -0.357 e. The van der Waals surface area contributed by atoms with Crippen LogP contribution in [-0.4, -0.2) is 44.8 Å². The zero-order valence-electron chi connectivity index (χ0n) is 22.4. The number of aryl methyl sites for hydroxylation is 3. The molecule has 38 heavy (non-hydrogen) atoms. The summed E-state index contributed by atoms with van der Waals surface area (Å²) >= 11 is 6.04. The predicted molar refractivity (Wildman–Crippen MR) is 152 cm³/mol. The summed E-state index contributed by atoms with van der Waals surface area (Å²) in [5.74, 6) is -0.818. The van der Waals surface area contributed by atoms with Gasteiger partial charge in [-0.2, -0.15) is 0 Å². The highest BCUT2D eigenvalue weighted by molar-refractivity contribution is 7.92. The molecule has 0 aliphatic heterocycles. The SMILES string of the molecule is CC[C@H](C(=O)NC)N(Cc1ccc(Cl)cc1)C(=O)CN(c1cc(C)ccc1C)S(=O)(=O)c1ccc(C)cc1. The van der Waals surface area contributed by atoms with Crippen LogP contribution in [0.1, 0.15) is 35.6 Å². The Morgan fingerprint density at radius 1 is 0.921 bits per heavy atom. The number of carbonyl (C=O) groups is 2. The Bertz CT molecular complexity index is 1390. The molecule has 0 heterocycles. The summed E-state index contributed by atoms with van der Waals surface area (Å²) in [6.07, 6.45) is 0.354. The van der Waals surface area contributed by atoms with Crippen LogP contribution in [0.5, 0.6) is 0 Å². The van der Waals surface area contributed by atoms with E-state index >= 15 is 0 Å². The molecule has 0 unspecified atom stereocenters. The van der Waals surface area contributed by atoms with Crippen LogP contribution >= 0.6 is 11.6 Å². The molecule has 3 aromatic carbocycles. The normalized spacial score (nSPS) is 12.1. The Labute approximate surface area is 230 Å². The summed E-state index contributed by atoms with van der Waals surface area (Å²) in [5, 5.41) is 3.17. The van der Waals surface area contributed by atoms with Gasteiger partial charge in [-0.15, -0.1) is 0 Å². The number of likely N-dealkylation sites (N-methyl/N-ethyl adjacent to an activating group) is 1. The molecular formula is C29H34ClN3O4S. The van der Waals surface area contributed by atoms with Crippen LogP contribution in [0.3, 0.4) is 0 Å². The molecule has 0 saturated carbocycles. The molecule has 0 saturated heterocycles. The number of amides is 2. The van der Waals surface area contributed by atoms with Crippen molar-refractivity contribution in [3.63, 3.8) is 0 Å². The maximum atomic E-state index is 14.0. The summed E-state index contributed by atoms with van der Waals surface area (Å²) in [5.41, 5.74) is 3.67. The van der Waals surface area contributed by atoms with Crippen molar-refractivity contribution in [2.75, 3.05) is 17.9 Å². The van der Waals surface area contributed by atoms with Crippen molar-refractivity contribution in [1.29, 1.82) is 0 Å². The molecule has 0 fully saturated rings. The molecule has 0 spiro atoms. The van der Waals surface area contributed by atoms with E-state index in [1.165, 1.54) is 24.1 Å². The van der Waals surface area contributed by atoms with E-state index in [0.717, 1.165) is 21.0 Å². The standard InChI is InChI=1S/C29H34ClN3O4S/c1-6-26(29(35)31-5)32(18-23-11-13-24(30)14-12-23)28(34)19-33(27-17-21(3)7-10-22(27)4)38(36,37)25-15-8-20(2)9-16-25/h7-17,26H,6,18-19H2,1-5H3,(H,31,35)/t26-/m1/s1.